The fourth-order valence-corrected chi connectivity index (χ4v) is 4.27. The van der Waals surface area contributed by atoms with E-state index in [1.165, 1.54) is 7.11 Å². The minimum absolute atomic E-state index is 0.0244. The Morgan fingerprint density at radius 2 is 1.87 bits per heavy atom. The van der Waals surface area contributed by atoms with Crippen LogP contribution in [-0.2, 0) is 30.2 Å². The van der Waals surface area contributed by atoms with Crippen molar-refractivity contribution in [3.63, 3.8) is 0 Å². The van der Waals surface area contributed by atoms with Crippen molar-refractivity contribution in [3.8, 4) is 11.1 Å². The van der Waals surface area contributed by atoms with Gasteiger partial charge < -0.3 is 28.5 Å². The number of rotatable bonds is 15. The lowest BCUT2D eigenvalue weighted by molar-refractivity contribution is -0.137. The summed E-state index contributed by atoms with van der Waals surface area (Å²) in [4.78, 5) is 40.0. The highest BCUT2D eigenvalue weighted by Gasteiger charge is 2.45. The molecular weight excluding hydrogens is 494 g/mol. The van der Waals surface area contributed by atoms with Crippen LogP contribution in [0.25, 0.3) is 11.1 Å². The van der Waals surface area contributed by atoms with Crippen LogP contribution in [0, 0.1) is 12.8 Å². The molecule has 2 amide bonds. The molecule has 1 aliphatic rings. The number of methoxy groups -OCH3 is 1. The number of amides is 2. The quantitative estimate of drug-likeness (QED) is 0.209. The third-order valence-electron chi connectivity index (χ3n) is 6.29. The molecule has 0 spiro atoms. The lowest BCUT2D eigenvalue weighted by Gasteiger charge is -2.25. The maximum absolute atomic E-state index is 13.4. The van der Waals surface area contributed by atoms with Crippen molar-refractivity contribution in [2.75, 3.05) is 46.8 Å². The number of Topliss-reactive ketones (excluding diaryl/α,β-unsaturated/α-hetero) is 1. The minimum Gasteiger partial charge on any atom is -0.457 e. The van der Waals surface area contributed by atoms with Crippen molar-refractivity contribution in [2.24, 2.45) is 5.92 Å². The summed E-state index contributed by atoms with van der Waals surface area (Å²) in [5.41, 5.74) is 2.67. The number of furan rings is 1. The summed E-state index contributed by atoms with van der Waals surface area (Å²) in [5, 5.41) is 8.74. The van der Waals surface area contributed by atoms with E-state index in [-0.39, 0.29) is 31.5 Å². The van der Waals surface area contributed by atoms with E-state index in [1.807, 2.05) is 45.0 Å². The van der Waals surface area contributed by atoms with E-state index in [0.717, 1.165) is 21.6 Å². The first kappa shape index (κ1) is 29.5. The predicted molar refractivity (Wildman–Crippen MR) is 138 cm³/mol. The number of ether oxygens (including phenoxy) is 4. The van der Waals surface area contributed by atoms with Gasteiger partial charge in [0.1, 0.15) is 12.4 Å². The summed E-state index contributed by atoms with van der Waals surface area (Å²) < 4.78 is 27.1. The molecule has 2 heterocycles. The Balaban J connectivity index is 1.78. The summed E-state index contributed by atoms with van der Waals surface area (Å²) >= 11 is 0. The number of benzene rings is 1. The Bertz CT molecular complexity index is 1090. The highest BCUT2D eigenvalue weighted by Crippen LogP contribution is 2.31. The number of ketones is 1. The molecule has 1 aromatic heterocycles. The van der Waals surface area contributed by atoms with Crippen LogP contribution in [0.1, 0.15) is 42.1 Å². The predicted octanol–water partition coefficient (Wildman–Crippen LogP) is 3.41. The Hall–Kier alpha value is -3.05. The molecule has 1 aromatic carbocycles. The van der Waals surface area contributed by atoms with Gasteiger partial charge in [0, 0.05) is 25.7 Å². The number of aliphatic hydroxyl groups is 1. The van der Waals surface area contributed by atoms with E-state index < -0.39 is 29.9 Å². The van der Waals surface area contributed by atoms with Crippen LogP contribution in [0.2, 0.25) is 0 Å². The van der Waals surface area contributed by atoms with Crippen LogP contribution in [0.4, 0.5) is 4.79 Å². The largest absolute Gasteiger partial charge is 0.457 e. The molecule has 38 heavy (non-hydrogen) atoms. The molecule has 10 nitrogen and oxygen atoms in total. The standard InChI is InChI=1S/C28H37NO9/c1-18(2)22-17-37-28(33)29(22)27(32)26(34-4)25(31)24-16-21(20-8-5-7-19(3)15-20)23(38-24)9-6-11-35-13-14-36-12-10-30/h5,7-8,15-16,18,22,26,30H,6,9-14,17H2,1-4H3/t22-,26+/m0/s1. The third-order valence-corrected chi connectivity index (χ3v) is 6.29. The van der Waals surface area contributed by atoms with Crippen molar-refractivity contribution in [1.82, 2.24) is 4.90 Å². The van der Waals surface area contributed by atoms with E-state index in [4.69, 9.17) is 28.5 Å². The van der Waals surface area contributed by atoms with Gasteiger partial charge in [0.2, 0.25) is 11.9 Å². The first-order valence-electron chi connectivity index (χ1n) is 12.8. The molecule has 2 atom stereocenters. The molecule has 1 aliphatic heterocycles. The summed E-state index contributed by atoms with van der Waals surface area (Å²) in [7, 11) is 1.25. The average Bonchev–Trinajstić information content (AvgIpc) is 3.50. The molecule has 0 bridgehead atoms. The summed E-state index contributed by atoms with van der Waals surface area (Å²) in [5.74, 6) is -0.932. The summed E-state index contributed by atoms with van der Waals surface area (Å²) in [6.07, 6.45) is -1.21. The van der Waals surface area contributed by atoms with Crippen LogP contribution in [0.5, 0.6) is 0 Å². The molecule has 1 fully saturated rings. The van der Waals surface area contributed by atoms with Crippen LogP contribution >= 0.6 is 0 Å². The maximum Gasteiger partial charge on any atom is 0.417 e. The van der Waals surface area contributed by atoms with Gasteiger partial charge in [-0.1, -0.05) is 43.7 Å². The number of hydrogen-bond acceptors (Lipinski definition) is 9. The van der Waals surface area contributed by atoms with Gasteiger partial charge in [-0.3, -0.25) is 9.59 Å². The molecule has 2 aromatic rings. The van der Waals surface area contributed by atoms with Gasteiger partial charge in [0.25, 0.3) is 5.91 Å². The number of nitrogens with zero attached hydrogens (tertiary/aromatic N) is 1. The second kappa shape index (κ2) is 14.2. The SMILES string of the molecule is CO[C@H](C(=O)c1cc(-c2cccc(C)c2)c(CCCOCCOCCO)o1)C(=O)N1C(=O)OC[C@H]1C(C)C. The highest BCUT2D eigenvalue weighted by molar-refractivity contribution is 6.14. The van der Waals surface area contributed by atoms with Gasteiger partial charge in [-0.2, -0.15) is 0 Å². The molecular formula is C28H37NO9. The number of hydrogen-bond donors (Lipinski definition) is 1. The zero-order valence-electron chi connectivity index (χ0n) is 22.4. The van der Waals surface area contributed by atoms with Crippen LogP contribution in [0.15, 0.2) is 34.7 Å². The molecule has 0 radical (unpaired) electrons. The molecule has 0 unspecified atom stereocenters. The van der Waals surface area contributed by atoms with Crippen molar-refractivity contribution >= 4 is 17.8 Å². The first-order chi connectivity index (χ1) is 18.3. The van der Waals surface area contributed by atoms with Gasteiger partial charge >= 0.3 is 6.09 Å². The van der Waals surface area contributed by atoms with Crippen molar-refractivity contribution in [1.29, 1.82) is 0 Å². The van der Waals surface area contributed by atoms with Gasteiger partial charge in [-0.25, -0.2) is 9.69 Å². The first-order valence-corrected chi connectivity index (χ1v) is 12.8. The molecule has 208 valence electrons. The maximum atomic E-state index is 13.4. The van der Waals surface area contributed by atoms with E-state index in [9.17, 15) is 14.4 Å². The smallest absolute Gasteiger partial charge is 0.417 e. The monoisotopic (exact) mass is 531 g/mol. The van der Waals surface area contributed by atoms with E-state index in [2.05, 4.69) is 0 Å². The van der Waals surface area contributed by atoms with Crippen molar-refractivity contribution in [2.45, 2.75) is 45.8 Å². The van der Waals surface area contributed by atoms with Crippen LogP contribution in [-0.4, -0.2) is 86.7 Å². The zero-order valence-corrected chi connectivity index (χ0v) is 22.4. The molecule has 0 aliphatic carbocycles. The normalized spacial score (nSPS) is 16.2. The molecule has 1 saturated heterocycles. The third kappa shape index (κ3) is 7.28. The van der Waals surface area contributed by atoms with E-state index in [0.29, 0.717) is 38.4 Å². The van der Waals surface area contributed by atoms with Gasteiger partial charge in [0.15, 0.2) is 5.76 Å². The number of imide groups is 1. The molecule has 1 N–H and O–H groups in total. The number of carbonyl (C=O) groups excluding carboxylic acids is 3. The highest BCUT2D eigenvalue weighted by atomic mass is 16.6. The van der Waals surface area contributed by atoms with E-state index >= 15 is 0 Å². The Labute approximate surface area is 222 Å². The summed E-state index contributed by atoms with van der Waals surface area (Å²) in [6, 6.07) is 8.95. The summed E-state index contributed by atoms with van der Waals surface area (Å²) in [6.45, 7) is 7.28. The Kier molecular flexibility index (Phi) is 11.0. The van der Waals surface area contributed by atoms with Crippen LogP contribution in [0.3, 0.4) is 0 Å². The number of carbonyl (C=O) groups is 3. The lowest BCUT2D eigenvalue weighted by atomic mass is 10.0. The average molecular weight is 532 g/mol. The van der Waals surface area contributed by atoms with Gasteiger partial charge in [0.05, 0.1) is 32.5 Å². The van der Waals surface area contributed by atoms with Crippen LogP contribution < -0.4 is 0 Å². The number of aryl methyl sites for hydroxylation is 2. The fraction of sp³-hybridized carbons (Fsp3) is 0.536. The Morgan fingerprint density at radius 1 is 1.13 bits per heavy atom. The van der Waals surface area contributed by atoms with E-state index in [1.54, 1.807) is 6.07 Å². The molecule has 3 rings (SSSR count). The van der Waals surface area contributed by atoms with Crippen molar-refractivity contribution in [3.05, 3.63) is 47.4 Å². The molecule has 10 heteroatoms. The fourth-order valence-electron chi connectivity index (χ4n) is 4.27. The minimum atomic E-state index is -1.55. The van der Waals surface area contributed by atoms with Crippen molar-refractivity contribution < 1.29 is 42.9 Å². The topological polar surface area (TPSA) is 125 Å². The second-order valence-electron chi connectivity index (χ2n) is 9.45. The second-order valence-corrected chi connectivity index (χ2v) is 9.45. The Morgan fingerprint density at radius 3 is 2.53 bits per heavy atom. The lowest BCUT2D eigenvalue weighted by Crippen LogP contribution is -2.49. The van der Waals surface area contributed by atoms with Gasteiger partial charge in [-0.05, 0) is 30.9 Å². The zero-order chi connectivity index (χ0) is 27.7. The number of cyclic esters (lactones) is 1. The number of aliphatic hydroxyl groups excluding tert-OH is 1. The molecule has 0 saturated carbocycles. The van der Waals surface area contributed by atoms with Gasteiger partial charge in [-0.15, -0.1) is 0 Å².